The monoisotopic (exact) mass is 247 g/mol. The molecule has 18 heavy (non-hydrogen) atoms. The zero-order chi connectivity index (χ0) is 13.0. The molecule has 1 aromatic heterocycles. The van der Waals surface area contributed by atoms with Crippen LogP contribution in [0.2, 0.25) is 0 Å². The van der Waals surface area contributed by atoms with Gasteiger partial charge in [-0.3, -0.25) is 0 Å². The molecule has 0 saturated carbocycles. The van der Waals surface area contributed by atoms with E-state index in [1.54, 1.807) is 25.4 Å². The Morgan fingerprint density at radius 2 is 2.22 bits per heavy atom. The van der Waals surface area contributed by atoms with Crippen LogP contribution in [0.4, 0.5) is 4.39 Å². The predicted molar refractivity (Wildman–Crippen MR) is 65.9 cm³/mol. The van der Waals surface area contributed by atoms with Gasteiger partial charge in [0.25, 0.3) is 0 Å². The fourth-order valence-electron chi connectivity index (χ4n) is 1.89. The average Bonchev–Trinajstić information content (AvgIpc) is 2.41. The maximum absolute atomic E-state index is 13.4. The molecule has 0 radical (unpaired) electrons. The zero-order valence-electron chi connectivity index (χ0n) is 10.0. The van der Waals surface area contributed by atoms with Crippen LogP contribution in [0.15, 0.2) is 36.8 Å². The number of benzene rings is 1. The van der Waals surface area contributed by atoms with E-state index in [0.717, 1.165) is 5.69 Å². The highest BCUT2D eigenvalue weighted by Gasteiger charge is 2.18. The minimum absolute atomic E-state index is 0.210. The van der Waals surface area contributed by atoms with Gasteiger partial charge in [-0.2, -0.15) is 0 Å². The van der Waals surface area contributed by atoms with E-state index < -0.39 is 0 Å². The summed E-state index contributed by atoms with van der Waals surface area (Å²) in [7, 11) is 1.55. The molecule has 5 heteroatoms. The molecule has 1 aromatic carbocycles. The van der Waals surface area contributed by atoms with Crippen LogP contribution in [0, 0.1) is 5.82 Å². The molecule has 2 N–H and O–H groups in total. The Kier molecular flexibility index (Phi) is 3.84. The molecule has 2 rings (SSSR count). The summed E-state index contributed by atoms with van der Waals surface area (Å²) in [6, 6.07) is 6.14. The lowest BCUT2D eigenvalue weighted by Gasteiger charge is -2.17. The van der Waals surface area contributed by atoms with Crippen molar-refractivity contribution in [1.82, 2.24) is 9.97 Å². The van der Waals surface area contributed by atoms with Crippen molar-refractivity contribution in [3.8, 4) is 5.75 Å². The van der Waals surface area contributed by atoms with Crippen molar-refractivity contribution in [2.45, 2.75) is 5.92 Å². The highest BCUT2D eigenvalue weighted by Crippen LogP contribution is 2.30. The van der Waals surface area contributed by atoms with E-state index in [4.69, 9.17) is 10.5 Å². The van der Waals surface area contributed by atoms with Crippen LogP contribution in [0.1, 0.15) is 17.2 Å². The Hall–Kier alpha value is -2.01. The fourth-order valence-corrected chi connectivity index (χ4v) is 1.89. The van der Waals surface area contributed by atoms with Gasteiger partial charge in [0.15, 0.2) is 0 Å². The maximum atomic E-state index is 13.4. The van der Waals surface area contributed by atoms with E-state index in [9.17, 15) is 4.39 Å². The van der Waals surface area contributed by atoms with Gasteiger partial charge in [0.05, 0.1) is 12.8 Å². The lowest BCUT2D eigenvalue weighted by atomic mass is 9.94. The molecule has 0 spiro atoms. The summed E-state index contributed by atoms with van der Waals surface area (Å²) >= 11 is 0. The molecule has 1 unspecified atom stereocenters. The van der Waals surface area contributed by atoms with E-state index in [0.29, 0.717) is 17.9 Å². The number of hydrogen-bond acceptors (Lipinski definition) is 4. The first-order valence-electron chi connectivity index (χ1n) is 5.55. The number of nitrogens with two attached hydrogens (primary N) is 1. The summed E-state index contributed by atoms with van der Waals surface area (Å²) in [5, 5.41) is 0. The number of nitrogens with zero attached hydrogens (tertiary/aromatic N) is 2. The quantitative estimate of drug-likeness (QED) is 0.893. The Balaban J connectivity index is 2.48. The fraction of sp³-hybridized carbons (Fsp3) is 0.231. The van der Waals surface area contributed by atoms with Gasteiger partial charge in [-0.15, -0.1) is 0 Å². The third-order valence-corrected chi connectivity index (χ3v) is 2.76. The number of aromatic nitrogens is 2. The van der Waals surface area contributed by atoms with Crippen molar-refractivity contribution in [1.29, 1.82) is 0 Å². The summed E-state index contributed by atoms with van der Waals surface area (Å²) in [6.45, 7) is 0.316. The van der Waals surface area contributed by atoms with Crippen molar-refractivity contribution in [2.75, 3.05) is 13.7 Å². The third-order valence-electron chi connectivity index (χ3n) is 2.76. The molecule has 0 saturated heterocycles. The van der Waals surface area contributed by atoms with Crippen molar-refractivity contribution >= 4 is 0 Å². The minimum Gasteiger partial charge on any atom is -0.496 e. The Bertz CT molecular complexity index is 519. The first kappa shape index (κ1) is 12.4. The van der Waals surface area contributed by atoms with Gasteiger partial charge in [-0.1, -0.05) is 0 Å². The van der Waals surface area contributed by atoms with Crippen molar-refractivity contribution in [3.05, 3.63) is 53.9 Å². The summed E-state index contributed by atoms with van der Waals surface area (Å²) < 4.78 is 18.6. The summed E-state index contributed by atoms with van der Waals surface area (Å²) in [5.41, 5.74) is 7.21. The van der Waals surface area contributed by atoms with Crippen molar-refractivity contribution in [3.63, 3.8) is 0 Å². The Morgan fingerprint density at radius 3 is 2.83 bits per heavy atom. The Morgan fingerprint density at radius 1 is 1.39 bits per heavy atom. The van der Waals surface area contributed by atoms with E-state index in [2.05, 4.69) is 9.97 Å². The van der Waals surface area contributed by atoms with Crippen LogP contribution in [0.5, 0.6) is 5.75 Å². The lowest BCUT2D eigenvalue weighted by molar-refractivity contribution is 0.406. The smallest absolute Gasteiger partial charge is 0.123 e. The van der Waals surface area contributed by atoms with Crippen LogP contribution in [0.25, 0.3) is 0 Å². The van der Waals surface area contributed by atoms with Crippen LogP contribution < -0.4 is 10.5 Å². The van der Waals surface area contributed by atoms with E-state index >= 15 is 0 Å². The molecule has 0 aliphatic rings. The number of hydrogen-bond donors (Lipinski definition) is 1. The van der Waals surface area contributed by atoms with Gasteiger partial charge in [0.2, 0.25) is 0 Å². The molecule has 1 heterocycles. The van der Waals surface area contributed by atoms with Gasteiger partial charge in [-0.25, -0.2) is 14.4 Å². The van der Waals surface area contributed by atoms with Gasteiger partial charge in [0.1, 0.15) is 17.9 Å². The molecule has 1 atom stereocenters. The highest BCUT2D eigenvalue weighted by molar-refractivity contribution is 5.40. The van der Waals surface area contributed by atoms with Gasteiger partial charge >= 0.3 is 0 Å². The molecule has 94 valence electrons. The standard InChI is InChI=1S/C13H14FN3O/c1-18-13-3-2-9(14)6-10(13)11(7-15)12-4-5-16-8-17-12/h2-6,8,11H,7,15H2,1H3. The first-order chi connectivity index (χ1) is 8.76. The lowest BCUT2D eigenvalue weighted by Crippen LogP contribution is -2.16. The van der Waals surface area contributed by atoms with Gasteiger partial charge < -0.3 is 10.5 Å². The second-order valence-corrected chi connectivity index (χ2v) is 3.81. The first-order valence-corrected chi connectivity index (χ1v) is 5.55. The summed E-state index contributed by atoms with van der Waals surface area (Å²) in [6.07, 6.45) is 3.08. The molecule has 0 aliphatic heterocycles. The van der Waals surface area contributed by atoms with Crippen molar-refractivity contribution in [2.24, 2.45) is 5.73 Å². The molecule has 0 fully saturated rings. The largest absolute Gasteiger partial charge is 0.496 e. The van der Waals surface area contributed by atoms with Crippen molar-refractivity contribution < 1.29 is 9.13 Å². The van der Waals surface area contributed by atoms with Crippen LogP contribution in [-0.2, 0) is 0 Å². The second-order valence-electron chi connectivity index (χ2n) is 3.81. The minimum atomic E-state index is -0.321. The van der Waals surface area contributed by atoms with Gasteiger partial charge in [-0.05, 0) is 24.3 Å². The molecule has 0 aliphatic carbocycles. The van der Waals surface area contributed by atoms with E-state index in [-0.39, 0.29) is 11.7 Å². The molecule has 2 aromatic rings. The number of ether oxygens (including phenoxy) is 1. The zero-order valence-corrected chi connectivity index (χ0v) is 10.0. The normalized spacial score (nSPS) is 12.2. The molecule has 0 bridgehead atoms. The molecular formula is C13H14FN3O. The maximum Gasteiger partial charge on any atom is 0.123 e. The van der Waals surface area contributed by atoms with Gasteiger partial charge in [0, 0.05) is 24.2 Å². The Labute approximate surface area is 105 Å². The summed E-state index contributed by atoms with van der Waals surface area (Å²) in [4.78, 5) is 8.02. The number of halogens is 1. The second kappa shape index (κ2) is 5.55. The van der Waals surface area contributed by atoms with E-state index in [1.807, 2.05) is 0 Å². The van der Waals surface area contributed by atoms with E-state index in [1.165, 1.54) is 18.5 Å². The highest BCUT2D eigenvalue weighted by atomic mass is 19.1. The topological polar surface area (TPSA) is 61.0 Å². The average molecular weight is 247 g/mol. The predicted octanol–water partition coefficient (Wildman–Crippen LogP) is 1.71. The third kappa shape index (κ3) is 2.46. The van der Waals surface area contributed by atoms with Crippen LogP contribution >= 0.6 is 0 Å². The SMILES string of the molecule is COc1ccc(F)cc1C(CN)c1ccncn1. The number of methoxy groups -OCH3 is 1. The van der Waals surface area contributed by atoms with Crippen LogP contribution in [0.3, 0.4) is 0 Å². The molecule has 4 nitrogen and oxygen atoms in total. The molecule has 0 amide bonds. The summed E-state index contributed by atoms with van der Waals surface area (Å²) in [5.74, 6) is 0.0717. The molecular weight excluding hydrogens is 233 g/mol. The van der Waals surface area contributed by atoms with Crippen LogP contribution in [-0.4, -0.2) is 23.6 Å². The number of rotatable bonds is 4.